The third-order valence-electron chi connectivity index (χ3n) is 3.87. The van der Waals surface area contributed by atoms with Crippen LogP contribution in [0.5, 0.6) is 0 Å². The molecule has 0 heterocycles. The van der Waals surface area contributed by atoms with Gasteiger partial charge in [0.1, 0.15) is 5.82 Å². The molecule has 0 unspecified atom stereocenters. The van der Waals surface area contributed by atoms with Gasteiger partial charge >= 0.3 is 0 Å². The molecule has 0 radical (unpaired) electrons. The molecule has 3 rings (SSSR count). The number of fused-ring (bicyclic) bond motifs is 1. The number of nitrogens with one attached hydrogen (secondary N) is 1. The van der Waals surface area contributed by atoms with Crippen LogP contribution in [0.1, 0.15) is 17.5 Å². The summed E-state index contributed by atoms with van der Waals surface area (Å²) in [5.41, 5.74) is 4.72. The van der Waals surface area contributed by atoms with Gasteiger partial charge in [0.2, 0.25) is 0 Å². The first-order chi connectivity index (χ1) is 10.1. The van der Waals surface area contributed by atoms with Crippen LogP contribution in [-0.2, 0) is 12.8 Å². The summed E-state index contributed by atoms with van der Waals surface area (Å²) < 4.78 is 13.0. The van der Waals surface area contributed by atoms with E-state index in [2.05, 4.69) is 23.5 Å². The molecule has 0 fully saturated rings. The van der Waals surface area contributed by atoms with E-state index in [1.54, 1.807) is 12.1 Å². The molecule has 0 spiro atoms. The highest BCUT2D eigenvalue weighted by Gasteiger charge is 2.12. The molecule has 1 N–H and O–H groups in total. The van der Waals surface area contributed by atoms with Gasteiger partial charge < -0.3 is 10.2 Å². The molecule has 1 aliphatic rings. The van der Waals surface area contributed by atoms with E-state index in [-0.39, 0.29) is 5.82 Å². The largest absolute Gasteiger partial charge is 0.332 e. The minimum Gasteiger partial charge on any atom is -0.332 e. The van der Waals surface area contributed by atoms with E-state index in [1.165, 1.54) is 36.1 Å². The van der Waals surface area contributed by atoms with Gasteiger partial charge in [-0.2, -0.15) is 0 Å². The maximum atomic E-state index is 13.0. The molecular formula is C17H17FN2S. The Hall–Kier alpha value is -1.94. The monoisotopic (exact) mass is 300 g/mol. The predicted molar refractivity (Wildman–Crippen MR) is 89.5 cm³/mol. The fraction of sp³-hybridized carbons (Fsp3) is 0.235. The summed E-state index contributed by atoms with van der Waals surface area (Å²) in [5.74, 6) is -0.246. The van der Waals surface area contributed by atoms with Gasteiger partial charge in [0.25, 0.3) is 0 Å². The van der Waals surface area contributed by atoms with Crippen molar-refractivity contribution in [1.82, 2.24) is 0 Å². The molecular weight excluding hydrogens is 283 g/mol. The van der Waals surface area contributed by atoms with Crippen LogP contribution in [0.25, 0.3) is 0 Å². The third-order valence-corrected chi connectivity index (χ3v) is 4.24. The minimum atomic E-state index is -0.246. The molecule has 1 aliphatic carbocycles. The summed E-state index contributed by atoms with van der Waals surface area (Å²) in [5, 5.41) is 3.84. The first-order valence-electron chi connectivity index (χ1n) is 7.05. The Kier molecular flexibility index (Phi) is 3.88. The van der Waals surface area contributed by atoms with Crippen LogP contribution in [0.3, 0.4) is 0 Å². The van der Waals surface area contributed by atoms with E-state index in [0.717, 1.165) is 17.8 Å². The lowest BCUT2D eigenvalue weighted by Crippen LogP contribution is -2.30. The summed E-state index contributed by atoms with van der Waals surface area (Å²) in [6, 6.07) is 12.7. The molecule has 21 heavy (non-hydrogen) atoms. The molecule has 0 amide bonds. The summed E-state index contributed by atoms with van der Waals surface area (Å²) in [6.45, 7) is 0. The maximum Gasteiger partial charge on any atom is 0.177 e. The number of halogens is 1. The van der Waals surface area contributed by atoms with E-state index < -0.39 is 0 Å². The normalized spacial score (nSPS) is 12.9. The Morgan fingerprint density at radius 1 is 1.10 bits per heavy atom. The summed E-state index contributed by atoms with van der Waals surface area (Å²) in [6.07, 6.45) is 3.56. The standard InChI is InChI=1S/C17H17FN2S/c1-20(16-9-6-14(18)7-10-16)17(21)19-15-8-5-12-3-2-4-13(12)11-15/h5-11H,2-4H2,1H3,(H,19,21). The summed E-state index contributed by atoms with van der Waals surface area (Å²) in [7, 11) is 1.87. The summed E-state index contributed by atoms with van der Waals surface area (Å²) >= 11 is 5.42. The van der Waals surface area contributed by atoms with Crippen molar-refractivity contribution < 1.29 is 4.39 Å². The Morgan fingerprint density at radius 2 is 1.81 bits per heavy atom. The number of anilines is 2. The van der Waals surface area contributed by atoms with Crippen molar-refractivity contribution in [2.24, 2.45) is 0 Å². The van der Waals surface area contributed by atoms with Crippen LogP contribution in [-0.4, -0.2) is 12.2 Å². The molecule has 2 aromatic carbocycles. The Labute approximate surface area is 129 Å². The van der Waals surface area contributed by atoms with Gasteiger partial charge in [-0.1, -0.05) is 6.07 Å². The van der Waals surface area contributed by atoms with Crippen molar-refractivity contribution in [3.8, 4) is 0 Å². The zero-order valence-electron chi connectivity index (χ0n) is 11.9. The molecule has 0 saturated carbocycles. The second-order valence-corrected chi connectivity index (χ2v) is 5.69. The van der Waals surface area contributed by atoms with Crippen molar-refractivity contribution in [1.29, 1.82) is 0 Å². The second kappa shape index (κ2) is 5.82. The van der Waals surface area contributed by atoms with Gasteiger partial charge in [0, 0.05) is 18.4 Å². The molecule has 4 heteroatoms. The number of rotatable bonds is 2. The van der Waals surface area contributed by atoms with Crippen LogP contribution in [0.15, 0.2) is 42.5 Å². The third kappa shape index (κ3) is 3.05. The topological polar surface area (TPSA) is 15.3 Å². The van der Waals surface area contributed by atoms with Gasteiger partial charge in [-0.25, -0.2) is 4.39 Å². The van der Waals surface area contributed by atoms with E-state index in [4.69, 9.17) is 12.2 Å². The molecule has 0 aliphatic heterocycles. The highest BCUT2D eigenvalue weighted by molar-refractivity contribution is 7.80. The predicted octanol–water partition coefficient (Wildman–Crippen LogP) is 4.15. The average Bonchev–Trinajstić information content (AvgIpc) is 2.95. The Morgan fingerprint density at radius 3 is 2.57 bits per heavy atom. The number of hydrogen-bond acceptors (Lipinski definition) is 1. The fourth-order valence-corrected chi connectivity index (χ4v) is 2.86. The minimum absolute atomic E-state index is 0.246. The second-order valence-electron chi connectivity index (χ2n) is 5.30. The Bertz CT molecular complexity index is 667. The maximum absolute atomic E-state index is 13.0. The molecule has 0 atom stereocenters. The average molecular weight is 300 g/mol. The number of aryl methyl sites for hydroxylation is 2. The zero-order valence-corrected chi connectivity index (χ0v) is 12.7. The van der Waals surface area contributed by atoms with Crippen molar-refractivity contribution in [2.45, 2.75) is 19.3 Å². The molecule has 2 aromatic rings. The number of benzene rings is 2. The SMILES string of the molecule is CN(C(=S)Nc1ccc2c(c1)CCC2)c1ccc(F)cc1. The van der Waals surface area contributed by atoms with Crippen molar-refractivity contribution in [2.75, 3.05) is 17.3 Å². The first-order valence-corrected chi connectivity index (χ1v) is 7.46. The smallest absolute Gasteiger partial charge is 0.177 e. The highest BCUT2D eigenvalue weighted by Crippen LogP contribution is 2.25. The number of nitrogens with zero attached hydrogens (tertiary/aromatic N) is 1. The van der Waals surface area contributed by atoms with Crippen LogP contribution in [0, 0.1) is 5.82 Å². The first kappa shape index (κ1) is 14.0. The van der Waals surface area contributed by atoms with Crippen LogP contribution >= 0.6 is 12.2 Å². The van der Waals surface area contributed by atoms with Crippen molar-refractivity contribution in [3.63, 3.8) is 0 Å². The van der Waals surface area contributed by atoms with E-state index in [9.17, 15) is 4.39 Å². The van der Waals surface area contributed by atoms with Gasteiger partial charge in [0.15, 0.2) is 5.11 Å². The van der Waals surface area contributed by atoms with Gasteiger partial charge in [-0.05, 0) is 79.0 Å². The molecule has 2 nitrogen and oxygen atoms in total. The Balaban J connectivity index is 1.72. The van der Waals surface area contributed by atoms with Crippen molar-refractivity contribution >= 4 is 28.7 Å². The van der Waals surface area contributed by atoms with Crippen LogP contribution in [0.2, 0.25) is 0 Å². The molecule has 108 valence electrons. The van der Waals surface area contributed by atoms with E-state index >= 15 is 0 Å². The lowest BCUT2D eigenvalue weighted by atomic mass is 10.1. The van der Waals surface area contributed by atoms with E-state index in [0.29, 0.717) is 5.11 Å². The molecule has 0 aromatic heterocycles. The summed E-state index contributed by atoms with van der Waals surface area (Å²) in [4.78, 5) is 1.84. The van der Waals surface area contributed by atoms with Gasteiger partial charge in [-0.3, -0.25) is 0 Å². The van der Waals surface area contributed by atoms with Gasteiger partial charge in [-0.15, -0.1) is 0 Å². The quantitative estimate of drug-likeness (QED) is 0.839. The number of hydrogen-bond donors (Lipinski definition) is 1. The van der Waals surface area contributed by atoms with Crippen LogP contribution in [0.4, 0.5) is 15.8 Å². The van der Waals surface area contributed by atoms with Gasteiger partial charge in [0.05, 0.1) is 0 Å². The number of thiocarbonyl (C=S) groups is 1. The molecule has 0 bridgehead atoms. The lowest BCUT2D eigenvalue weighted by molar-refractivity contribution is 0.628. The molecule has 0 saturated heterocycles. The van der Waals surface area contributed by atoms with Crippen LogP contribution < -0.4 is 10.2 Å². The highest BCUT2D eigenvalue weighted by atomic mass is 32.1. The zero-order chi connectivity index (χ0) is 14.8. The van der Waals surface area contributed by atoms with E-state index in [1.807, 2.05) is 11.9 Å². The van der Waals surface area contributed by atoms with Crippen molar-refractivity contribution in [3.05, 3.63) is 59.4 Å². The lowest BCUT2D eigenvalue weighted by Gasteiger charge is -2.21. The fourth-order valence-electron chi connectivity index (χ4n) is 2.64.